The Bertz CT molecular complexity index is 1130. The van der Waals surface area contributed by atoms with Crippen LogP contribution in [0.5, 0.6) is 0 Å². The number of aromatic nitrogens is 2. The number of hydrogen-bond donors (Lipinski definition) is 3. The van der Waals surface area contributed by atoms with Gasteiger partial charge in [-0.3, -0.25) is 9.59 Å². The molecule has 0 aromatic carbocycles. The van der Waals surface area contributed by atoms with Gasteiger partial charge in [0.25, 0.3) is 11.8 Å². The van der Waals surface area contributed by atoms with E-state index < -0.39 is 24.2 Å². The minimum Gasteiger partial charge on any atom is -0.393 e. The summed E-state index contributed by atoms with van der Waals surface area (Å²) in [5, 5.41) is 14.9. The summed E-state index contributed by atoms with van der Waals surface area (Å²) in [6, 6.07) is -0.328. The first-order chi connectivity index (χ1) is 17.0. The van der Waals surface area contributed by atoms with Gasteiger partial charge in [0.2, 0.25) is 0 Å². The second kappa shape index (κ2) is 10.3. The van der Waals surface area contributed by atoms with Gasteiger partial charge in [0, 0.05) is 30.4 Å². The zero-order valence-electron chi connectivity index (χ0n) is 20.4. The third-order valence-electron chi connectivity index (χ3n) is 6.77. The summed E-state index contributed by atoms with van der Waals surface area (Å²) in [5.41, 5.74) is 1.28. The first-order valence-electron chi connectivity index (χ1n) is 12.1. The van der Waals surface area contributed by atoms with Crippen molar-refractivity contribution in [2.75, 3.05) is 11.9 Å². The first kappa shape index (κ1) is 26.3. The molecule has 0 radical (unpaired) electrons. The van der Waals surface area contributed by atoms with Gasteiger partial charge in [0.15, 0.2) is 5.01 Å². The Labute approximate surface area is 211 Å². The number of aryl methyl sites for hydroxylation is 1. The van der Waals surface area contributed by atoms with Gasteiger partial charge in [-0.05, 0) is 57.6 Å². The van der Waals surface area contributed by atoms with E-state index in [4.69, 9.17) is 0 Å². The Kier molecular flexibility index (Phi) is 7.56. The van der Waals surface area contributed by atoms with Crippen LogP contribution in [0.25, 0.3) is 10.4 Å². The number of carbonyl (C=O) groups is 2. The third kappa shape index (κ3) is 5.49. The number of likely N-dealkylation sites (tertiary alicyclic amines) is 1. The molecular formula is C24H30F3N5O3S. The van der Waals surface area contributed by atoms with Crippen molar-refractivity contribution in [2.45, 2.75) is 83.3 Å². The van der Waals surface area contributed by atoms with Crippen molar-refractivity contribution >= 4 is 29.0 Å². The zero-order valence-corrected chi connectivity index (χ0v) is 21.2. The number of aliphatic hydroxyl groups is 1. The van der Waals surface area contributed by atoms with Gasteiger partial charge in [-0.2, -0.15) is 13.2 Å². The van der Waals surface area contributed by atoms with Crippen molar-refractivity contribution in [3.63, 3.8) is 0 Å². The molecule has 2 aliphatic rings. The van der Waals surface area contributed by atoms with E-state index in [2.05, 4.69) is 20.6 Å². The third-order valence-corrected chi connectivity index (χ3v) is 7.85. The fourth-order valence-electron chi connectivity index (χ4n) is 4.54. The number of carbonyl (C=O) groups excluding carboxylic acids is 2. The minimum absolute atomic E-state index is 0.0416. The first-order valence-corrected chi connectivity index (χ1v) is 12.9. The lowest BCUT2D eigenvalue weighted by atomic mass is 9.89. The number of nitrogens with one attached hydrogen (secondary N) is 2. The van der Waals surface area contributed by atoms with Gasteiger partial charge in [0.05, 0.1) is 11.0 Å². The quantitative estimate of drug-likeness (QED) is 0.502. The van der Waals surface area contributed by atoms with Gasteiger partial charge in [-0.1, -0.05) is 6.92 Å². The number of anilines is 1. The average Bonchev–Trinajstić information content (AvgIpc) is 3.42. The van der Waals surface area contributed by atoms with E-state index in [1.54, 1.807) is 11.8 Å². The van der Waals surface area contributed by atoms with E-state index in [1.807, 2.05) is 6.92 Å². The number of rotatable bonds is 7. The van der Waals surface area contributed by atoms with Crippen LogP contribution < -0.4 is 10.6 Å². The highest BCUT2D eigenvalue weighted by Crippen LogP contribution is 2.36. The molecule has 1 aliphatic carbocycles. The molecule has 0 spiro atoms. The molecule has 3 N–H and O–H groups in total. The predicted molar refractivity (Wildman–Crippen MR) is 130 cm³/mol. The molecule has 8 nitrogen and oxygen atoms in total. The van der Waals surface area contributed by atoms with Gasteiger partial charge < -0.3 is 20.6 Å². The predicted octanol–water partition coefficient (Wildman–Crippen LogP) is 4.14. The number of thiazole rings is 1. The Balaban J connectivity index is 1.66. The number of amides is 2. The van der Waals surface area contributed by atoms with Crippen LogP contribution in [-0.2, 0) is 0 Å². The molecule has 2 atom stereocenters. The van der Waals surface area contributed by atoms with E-state index in [0.29, 0.717) is 35.4 Å². The van der Waals surface area contributed by atoms with Crippen LogP contribution >= 0.6 is 11.3 Å². The molecule has 2 aromatic rings. The highest BCUT2D eigenvalue weighted by atomic mass is 32.1. The highest BCUT2D eigenvalue weighted by molar-refractivity contribution is 7.17. The molecule has 0 unspecified atom stereocenters. The lowest BCUT2D eigenvalue weighted by Gasteiger charge is -2.31. The van der Waals surface area contributed by atoms with Crippen LogP contribution in [0.1, 0.15) is 71.8 Å². The van der Waals surface area contributed by atoms with E-state index in [9.17, 15) is 27.9 Å². The lowest BCUT2D eigenvalue weighted by Crippen LogP contribution is -2.46. The monoisotopic (exact) mass is 525 g/mol. The van der Waals surface area contributed by atoms with Crippen molar-refractivity contribution in [1.29, 1.82) is 0 Å². The molecule has 1 saturated heterocycles. The van der Waals surface area contributed by atoms with Crippen molar-refractivity contribution in [3.8, 4) is 10.4 Å². The van der Waals surface area contributed by atoms with E-state index in [-0.39, 0.29) is 40.9 Å². The smallest absolute Gasteiger partial charge is 0.393 e. The summed E-state index contributed by atoms with van der Waals surface area (Å²) in [7, 11) is 0. The van der Waals surface area contributed by atoms with E-state index >= 15 is 0 Å². The Morgan fingerprint density at radius 2 is 2.06 bits per heavy atom. The maximum atomic E-state index is 13.4. The maximum Gasteiger partial charge on any atom is 0.408 e. The molecule has 4 rings (SSSR count). The Hall–Kier alpha value is -2.73. The summed E-state index contributed by atoms with van der Waals surface area (Å²) in [6.45, 7) is 5.72. The number of halogens is 3. The number of nitrogens with zero attached hydrogens (tertiary/aromatic N) is 3. The molecule has 2 amide bonds. The molecule has 196 valence electrons. The Morgan fingerprint density at radius 1 is 1.33 bits per heavy atom. The second-order valence-electron chi connectivity index (χ2n) is 9.51. The summed E-state index contributed by atoms with van der Waals surface area (Å²) >= 11 is 1.06. The molecular weight excluding hydrogens is 495 g/mol. The SMILES string of the molecule is CC[C@H](Nc1cc(C)c(-c2sc(C(=O)NC3CC(O)C3)nc2C(=O)N2CCC[C@@H]2C)cn1)C(F)(F)F. The van der Waals surface area contributed by atoms with Crippen molar-refractivity contribution in [2.24, 2.45) is 0 Å². The van der Waals surface area contributed by atoms with Crippen molar-refractivity contribution in [3.05, 3.63) is 28.5 Å². The van der Waals surface area contributed by atoms with Crippen LogP contribution in [0, 0.1) is 6.92 Å². The zero-order chi connectivity index (χ0) is 26.2. The van der Waals surface area contributed by atoms with Crippen molar-refractivity contribution in [1.82, 2.24) is 20.2 Å². The number of alkyl halides is 3. The van der Waals surface area contributed by atoms with Crippen LogP contribution in [0.2, 0.25) is 0 Å². The summed E-state index contributed by atoms with van der Waals surface area (Å²) in [5.74, 6) is -0.631. The largest absolute Gasteiger partial charge is 0.408 e. The van der Waals surface area contributed by atoms with Crippen LogP contribution in [0.4, 0.5) is 19.0 Å². The molecule has 3 heterocycles. The summed E-state index contributed by atoms with van der Waals surface area (Å²) < 4.78 is 39.6. The molecule has 1 saturated carbocycles. The fourth-order valence-corrected chi connectivity index (χ4v) is 5.57. The van der Waals surface area contributed by atoms with Gasteiger partial charge in [-0.15, -0.1) is 11.3 Å². The molecule has 2 fully saturated rings. The van der Waals surface area contributed by atoms with Gasteiger partial charge in [-0.25, -0.2) is 9.97 Å². The lowest BCUT2D eigenvalue weighted by molar-refractivity contribution is -0.142. The van der Waals surface area contributed by atoms with Gasteiger partial charge in [0.1, 0.15) is 17.6 Å². The standard InChI is InChI=1S/C24H30F3N5O3S/c1-4-17(24(25,26)27)30-18-8-12(2)16(11-28-18)20-19(23(35)32-7-5-6-13(32)3)31-22(36-20)21(34)29-14-9-15(33)10-14/h8,11,13-15,17,33H,4-7,9-10H2,1-3H3,(H,28,30)(H,29,34)/t13-,14?,15?,17-/m0/s1. The van der Waals surface area contributed by atoms with Crippen molar-refractivity contribution < 1.29 is 27.9 Å². The summed E-state index contributed by atoms with van der Waals surface area (Å²) in [6.07, 6.45) is -0.882. The molecule has 2 aromatic heterocycles. The normalized spacial score (nSPS) is 22.8. The van der Waals surface area contributed by atoms with E-state index in [1.165, 1.54) is 19.2 Å². The van der Waals surface area contributed by atoms with Crippen LogP contribution in [-0.4, -0.2) is 68.7 Å². The van der Waals surface area contributed by atoms with E-state index in [0.717, 1.165) is 24.2 Å². The highest BCUT2D eigenvalue weighted by Gasteiger charge is 2.38. The van der Waals surface area contributed by atoms with Crippen LogP contribution in [0.15, 0.2) is 12.3 Å². The molecule has 36 heavy (non-hydrogen) atoms. The minimum atomic E-state index is -4.41. The number of pyridine rings is 1. The van der Waals surface area contributed by atoms with Gasteiger partial charge >= 0.3 is 6.18 Å². The Morgan fingerprint density at radius 3 is 2.61 bits per heavy atom. The average molecular weight is 526 g/mol. The topological polar surface area (TPSA) is 107 Å². The fraction of sp³-hybridized carbons (Fsp3) is 0.583. The van der Waals surface area contributed by atoms with Crippen LogP contribution in [0.3, 0.4) is 0 Å². The second-order valence-corrected chi connectivity index (χ2v) is 10.5. The molecule has 12 heteroatoms. The number of hydrogen-bond acceptors (Lipinski definition) is 7. The number of aliphatic hydroxyl groups excluding tert-OH is 1. The molecule has 0 bridgehead atoms. The molecule has 1 aliphatic heterocycles. The maximum absolute atomic E-state index is 13.4. The summed E-state index contributed by atoms with van der Waals surface area (Å²) in [4.78, 5) is 37.1.